The van der Waals surface area contributed by atoms with Crippen molar-refractivity contribution in [2.24, 2.45) is 0 Å². The van der Waals surface area contributed by atoms with Crippen molar-refractivity contribution in [1.29, 1.82) is 0 Å². The Morgan fingerprint density at radius 1 is 1.04 bits per heavy atom. The number of carbonyl (C=O) groups excluding carboxylic acids is 1. The number of methoxy groups -OCH3 is 1. The van der Waals surface area contributed by atoms with Gasteiger partial charge >= 0.3 is 0 Å². The van der Waals surface area contributed by atoms with Gasteiger partial charge in [0.15, 0.2) is 5.78 Å². The Labute approximate surface area is 153 Å². The predicted octanol–water partition coefficient (Wildman–Crippen LogP) is 4.41. The van der Waals surface area contributed by atoms with Gasteiger partial charge in [-0.2, -0.15) is 5.10 Å². The number of ketones is 1. The second-order valence-electron chi connectivity index (χ2n) is 6.90. The van der Waals surface area contributed by atoms with E-state index in [4.69, 9.17) is 4.74 Å². The molecule has 1 aliphatic carbocycles. The summed E-state index contributed by atoms with van der Waals surface area (Å²) in [6.45, 7) is 4.03. The number of hydrogen-bond donors (Lipinski definition) is 0. The molecule has 2 aromatic carbocycles. The third-order valence-electron chi connectivity index (χ3n) is 5.25. The lowest BCUT2D eigenvalue weighted by Crippen LogP contribution is -2.21. The van der Waals surface area contributed by atoms with E-state index in [-0.39, 0.29) is 11.7 Å². The first kappa shape index (κ1) is 16.6. The maximum atomic E-state index is 12.9. The highest BCUT2D eigenvalue weighted by molar-refractivity contribution is 6.00. The maximum absolute atomic E-state index is 12.9. The van der Waals surface area contributed by atoms with Gasteiger partial charge < -0.3 is 4.74 Å². The van der Waals surface area contributed by atoms with Crippen LogP contribution < -0.4 is 4.74 Å². The molecule has 132 valence electrons. The van der Waals surface area contributed by atoms with Crippen LogP contribution in [-0.4, -0.2) is 22.7 Å². The highest BCUT2D eigenvalue weighted by atomic mass is 16.5. The normalized spacial score (nSPS) is 16.4. The predicted molar refractivity (Wildman–Crippen MR) is 101 cm³/mol. The Balaban J connectivity index is 1.78. The Morgan fingerprint density at radius 3 is 2.46 bits per heavy atom. The van der Waals surface area contributed by atoms with Crippen LogP contribution in [0, 0.1) is 13.8 Å². The van der Waals surface area contributed by atoms with Crippen LogP contribution in [0.5, 0.6) is 5.75 Å². The van der Waals surface area contributed by atoms with Crippen LogP contribution in [0.3, 0.4) is 0 Å². The third-order valence-corrected chi connectivity index (χ3v) is 5.25. The van der Waals surface area contributed by atoms with E-state index in [0.29, 0.717) is 6.42 Å². The van der Waals surface area contributed by atoms with Crippen LogP contribution >= 0.6 is 0 Å². The molecule has 26 heavy (non-hydrogen) atoms. The van der Waals surface area contributed by atoms with Gasteiger partial charge in [0.05, 0.1) is 29.7 Å². The molecule has 0 unspecified atom stereocenters. The minimum Gasteiger partial charge on any atom is -0.497 e. The lowest BCUT2D eigenvalue weighted by molar-refractivity contribution is 0.0963. The quantitative estimate of drug-likeness (QED) is 0.705. The summed E-state index contributed by atoms with van der Waals surface area (Å²) in [7, 11) is 1.65. The van der Waals surface area contributed by atoms with Crippen LogP contribution in [0.15, 0.2) is 48.5 Å². The van der Waals surface area contributed by atoms with E-state index >= 15 is 0 Å². The Kier molecular flexibility index (Phi) is 4.11. The molecule has 0 radical (unpaired) electrons. The highest BCUT2D eigenvalue weighted by Crippen LogP contribution is 2.36. The van der Waals surface area contributed by atoms with Gasteiger partial charge in [-0.05, 0) is 61.6 Å². The molecule has 0 fully saturated rings. The number of aryl methyl sites for hydroxylation is 2. The van der Waals surface area contributed by atoms with E-state index in [1.54, 1.807) is 7.11 Å². The average molecular weight is 346 g/mol. The molecule has 0 N–H and O–H groups in total. The van der Waals surface area contributed by atoms with Gasteiger partial charge in [-0.1, -0.05) is 24.3 Å². The fraction of sp³-hybridized carbons (Fsp3) is 0.273. The molecule has 1 aliphatic rings. The molecular weight excluding hydrogens is 324 g/mol. The molecule has 4 rings (SSSR count). The first-order chi connectivity index (χ1) is 12.6. The fourth-order valence-electron chi connectivity index (χ4n) is 3.96. The van der Waals surface area contributed by atoms with Crippen LogP contribution in [0.4, 0.5) is 0 Å². The Hall–Kier alpha value is -2.88. The zero-order chi connectivity index (χ0) is 18.3. The number of benzene rings is 2. The number of Topliss-reactive ketones (excluding diaryl/α,β-unsaturated/α-hetero) is 1. The molecule has 1 aromatic heterocycles. The number of fused-ring (bicyclic) bond motifs is 1. The molecule has 1 heterocycles. The summed E-state index contributed by atoms with van der Waals surface area (Å²) in [5.41, 5.74) is 6.06. The standard InChI is InChI=1S/C22H22N2O2/c1-14-6-4-5-7-19(14)16-12-20-22(21(25)13-16)15(2)23-24(20)17-8-10-18(26-3)11-9-17/h4-11,16H,12-13H2,1-3H3/t16-/m0/s1. The molecule has 0 saturated carbocycles. The molecule has 0 saturated heterocycles. The van der Waals surface area contributed by atoms with Crippen LogP contribution in [0.2, 0.25) is 0 Å². The van der Waals surface area contributed by atoms with E-state index in [9.17, 15) is 4.79 Å². The molecule has 0 aliphatic heterocycles. The van der Waals surface area contributed by atoms with E-state index < -0.39 is 0 Å². The van der Waals surface area contributed by atoms with Crippen molar-refractivity contribution in [3.05, 3.63) is 76.6 Å². The molecule has 4 nitrogen and oxygen atoms in total. The summed E-state index contributed by atoms with van der Waals surface area (Å²) in [5.74, 6) is 1.20. The summed E-state index contributed by atoms with van der Waals surface area (Å²) in [5, 5.41) is 4.67. The fourth-order valence-corrected chi connectivity index (χ4v) is 3.96. The minimum atomic E-state index is 0.191. The Bertz CT molecular complexity index is 970. The van der Waals surface area contributed by atoms with Crippen molar-refractivity contribution in [3.63, 3.8) is 0 Å². The van der Waals surface area contributed by atoms with Crippen molar-refractivity contribution < 1.29 is 9.53 Å². The van der Waals surface area contributed by atoms with Crippen molar-refractivity contribution in [2.75, 3.05) is 7.11 Å². The monoisotopic (exact) mass is 346 g/mol. The summed E-state index contributed by atoms with van der Waals surface area (Å²) < 4.78 is 7.17. The zero-order valence-electron chi connectivity index (χ0n) is 15.3. The van der Waals surface area contributed by atoms with Gasteiger partial charge in [0.1, 0.15) is 5.75 Å². The molecule has 0 spiro atoms. The van der Waals surface area contributed by atoms with Crippen molar-refractivity contribution in [3.8, 4) is 11.4 Å². The summed E-state index contributed by atoms with van der Waals surface area (Å²) in [6, 6.07) is 16.1. The first-order valence-corrected chi connectivity index (χ1v) is 8.90. The van der Waals surface area contributed by atoms with E-state index in [2.05, 4.69) is 24.2 Å². The van der Waals surface area contributed by atoms with Gasteiger partial charge in [0, 0.05) is 6.42 Å². The molecular formula is C22H22N2O2. The number of ether oxygens (including phenoxy) is 1. The Morgan fingerprint density at radius 2 is 1.77 bits per heavy atom. The van der Waals surface area contributed by atoms with Crippen molar-refractivity contribution in [2.45, 2.75) is 32.6 Å². The molecule has 4 heteroatoms. The smallest absolute Gasteiger partial charge is 0.167 e. The van der Waals surface area contributed by atoms with Crippen molar-refractivity contribution >= 4 is 5.78 Å². The largest absolute Gasteiger partial charge is 0.497 e. The summed E-state index contributed by atoms with van der Waals surface area (Å²) in [4.78, 5) is 12.9. The average Bonchev–Trinajstić information content (AvgIpc) is 2.99. The van der Waals surface area contributed by atoms with Crippen LogP contribution in [-0.2, 0) is 6.42 Å². The number of carbonyl (C=O) groups is 1. The number of rotatable bonds is 3. The van der Waals surface area contributed by atoms with Gasteiger partial charge in [-0.25, -0.2) is 4.68 Å². The van der Waals surface area contributed by atoms with Crippen molar-refractivity contribution in [1.82, 2.24) is 9.78 Å². The zero-order valence-corrected chi connectivity index (χ0v) is 15.3. The summed E-state index contributed by atoms with van der Waals surface area (Å²) in [6.07, 6.45) is 1.37. The van der Waals surface area contributed by atoms with Gasteiger partial charge in [0.25, 0.3) is 0 Å². The van der Waals surface area contributed by atoms with Gasteiger partial charge in [-0.3, -0.25) is 4.79 Å². The SMILES string of the molecule is COc1ccc(-n2nc(C)c3c2C[C@H](c2ccccc2C)CC3=O)cc1. The maximum Gasteiger partial charge on any atom is 0.167 e. The highest BCUT2D eigenvalue weighted by Gasteiger charge is 2.32. The van der Waals surface area contributed by atoms with E-state index in [0.717, 1.165) is 34.8 Å². The summed E-state index contributed by atoms with van der Waals surface area (Å²) >= 11 is 0. The minimum absolute atomic E-state index is 0.191. The van der Waals surface area contributed by atoms with E-state index in [1.165, 1.54) is 11.1 Å². The third kappa shape index (κ3) is 2.71. The first-order valence-electron chi connectivity index (χ1n) is 8.90. The van der Waals surface area contributed by atoms with Crippen LogP contribution in [0.1, 0.15) is 45.2 Å². The molecule has 0 amide bonds. The topological polar surface area (TPSA) is 44.1 Å². The second-order valence-corrected chi connectivity index (χ2v) is 6.90. The van der Waals surface area contributed by atoms with Gasteiger partial charge in [0.2, 0.25) is 0 Å². The molecule has 0 bridgehead atoms. The molecule has 3 aromatic rings. The molecule has 1 atom stereocenters. The van der Waals surface area contributed by atoms with Gasteiger partial charge in [-0.15, -0.1) is 0 Å². The second kappa shape index (κ2) is 6.45. The lowest BCUT2D eigenvalue weighted by Gasteiger charge is -2.24. The van der Waals surface area contributed by atoms with E-state index in [1.807, 2.05) is 48.0 Å². The number of nitrogens with zero attached hydrogens (tertiary/aromatic N) is 2. The number of hydrogen-bond acceptors (Lipinski definition) is 3. The van der Waals surface area contributed by atoms with Crippen LogP contribution in [0.25, 0.3) is 5.69 Å². The lowest BCUT2D eigenvalue weighted by atomic mass is 9.80. The number of aromatic nitrogens is 2.